The van der Waals surface area contributed by atoms with Crippen LogP contribution < -0.4 is 5.32 Å². The van der Waals surface area contributed by atoms with Crippen molar-refractivity contribution in [2.45, 2.75) is 59.9 Å². The van der Waals surface area contributed by atoms with E-state index in [1.165, 1.54) is 18.4 Å². The Balaban J connectivity index is 2.58. The fraction of sp³-hybridized carbons (Fsp3) is 0.667. The molecule has 0 fully saturated rings. The van der Waals surface area contributed by atoms with E-state index < -0.39 is 0 Å². The molecule has 1 unspecified atom stereocenters. The minimum atomic E-state index is -0.153. The Morgan fingerprint density at radius 1 is 1.10 bits per heavy atom. The molecule has 1 aromatic carbocycles. The van der Waals surface area contributed by atoms with E-state index in [0.717, 1.165) is 13.0 Å². The standard InChI is InChI=1S/C18H30FN/c1-14(2)20-13-16(10-11-18(3,4)5)12-15-6-8-17(19)9-7-15/h6-9,14,16,20H,10-13H2,1-5H3. The van der Waals surface area contributed by atoms with Crippen molar-refractivity contribution in [3.05, 3.63) is 35.6 Å². The molecule has 2 heteroatoms. The van der Waals surface area contributed by atoms with E-state index in [-0.39, 0.29) is 5.82 Å². The van der Waals surface area contributed by atoms with Crippen molar-refractivity contribution < 1.29 is 4.39 Å². The SMILES string of the molecule is CC(C)NCC(CCC(C)(C)C)Cc1ccc(F)cc1. The van der Waals surface area contributed by atoms with E-state index in [1.54, 1.807) is 12.1 Å². The van der Waals surface area contributed by atoms with E-state index in [9.17, 15) is 4.39 Å². The highest BCUT2D eigenvalue weighted by Crippen LogP contribution is 2.25. The Morgan fingerprint density at radius 3 is 2.20 bits per heavy atom. The molecule has 114 valence electrons. The lowest BCUT2D eigenvalue weighted by atomic mass is 9.84. The van der Waals surface area contributed by atoms with Crippen LogP contribution in [0.2, 0.25) is 0 Å². The van der Waals surface area contributed by atoms with Crippen LogP contribution in [-0.4, -0.2) is 12.6 Å². The first-order valence-corrected chi connectivity index (χ1v) is 7.74. The second-order valence-corrected chi connectivity index (χ2v) is 7.36. The molecular weight excluding hydrogens is 249 g/mol. The zero-order chi connectivity index (χ0) is 15.2. The number of hydrogen-bond acceptors (Lipinski definition) is 1. The summed E-state index contributed by atoms with van der Waals surface area (Å²) in [6.45, 7) is 12.3. The third kappa shape index (κ3) is 7.64. The molecule has 1 rings (SSSR count). The molecule has 1 nitrogen and oxygen atoms in total. The Labute approximate surface area is 124 Å². The summed E-state index contributed by atoms with van der Waals surface area (Å²) in [7, 11) is 0. The van der Waals surface area contributed by atoms with Gasteiger partial charge in [-0.15, -0.1) is 0 Å². The van der Waals surface area contributed by atoms with Crippen LogP contribution in [-0.2, 0) is 6.42 Å². The fourth-order valence-corrected chi connectivity index (χ4v) is 2.27. The first-order valence-electron chi connectivity index (χ1n) is 7.74. The number of benzene rings is 1. The molecule has 1 N–H and O–H groups in total. The maximum atomic E-state index is 13.0. The minimum absolute atomic E-state index is 0.153. The normalized spacial score (nSPS) is 13.8. The van der Waals surface area contributed by atoms with Crippen LogP contribution in [0.3, 0.4) is 0 Å². The fourth-order valence-electron chi connectivity index (χ4n) is 2.27. The monoisotopic (exact) mass is 279 g/mol. The van der Waals surface area contributed by atoms with Gasteiger partial charge in [-0.25, -0.2) is 4.39 Å². The summed E-state index contributed by atoms with van der Waals surface area (Å²) in [5.41, 5.74) is 1.61. The minimum Gasteiger partial charge on any atom is -0.314 e. The summed E-state index contributed by atoms with van der Waals surface area (Å²) >= 11 is 0. The lowest BCUT2D eigenvalue weighted by molar-refractivity contribution is 0.310. The molecule has 0 radical (unpaired) electrons. The van der Waals surface area contributed by atoms with Gasteiger partial charge in [-0.2, -0.15) is 0 Å². The summed E-state index contributed by atoms with van der Waals surface area (Å²) in [6, 6.07) is 7.46. The van der Waals surface area contributed by atoms with Crippen LogP contribution in [0.5, 0.6) is 0 Å². The lowest BCUT2D eigenvalue weighted by Gasteiger charge is -2.24. The number of rotatable bonds is 7. The summed E-state index contributed by atoms with van der Waals surface area (Å²) in [4.78, 5) is 0. The highest BCUT2D eigenvalue weighted by Gasteiger charge is 2.16. The highest BCUT2D eigenvalue weighted by molar-refractivity contribution is 5.16. The molecule has 0 spiro atoms. The van der Waals surface area contributed by atoms with E-state index in [2.05, 4.69) is 39.9 Å². The Bertz CT molecular complexity index is 375. The van der Waals surface area contributed by atoms with Gasteiger partial charge < -0.3 is 5.32 Å². The molecule has 20 heavy (non-hydrogen) atoms. The van der Waals surface area contributed by atoms with Crippen molar-refractivity contribution in [3.63, 3.8) is 0 Å². The Kier molecular flexibility index (Phi) is 6.67. The number of nitrogens with one attached hydrogen (secondary N) is 1. The Hall–Kier alpha value is -0.890. The van der Waals surface area contributed by atoms with Crippen molar-refractivity contribution in [2.75, 3.05) is 6.54 Å². The average molecular weight is 279 g/mol. The van der Waals surface area contributed by atoms with Gasteiger partial charge in [0.25, 0.3) is 0 Å². The average Bonchev–Trinajstić information content (AvgIpc) is 2.34. The van der Waals surface area contributed by atoms with E-state index in [1.807, 2.05) is 12.1 Å². The summed E-state index contributed by atoms with van der Waals surface area (Å²) in [6.07, 6.45) is 3.45. The van der Waals surface area contributed by atoms with Gasteiger partial charge in [0, 0.05) is 6.04 Å². The molecule has 1 aromatic rings. The Morgan fingerprint density at radius 2 is 1.70 bits per heavy atom. The molecule has 0 aliphatic heterocycles. The molecule has 0 saturated carbocycles. The molecule has 0 amide bonds. The molecule has 1 atom stereocenters. The largest absolute Gasteiger partial charge is 0.314 e. The third-order valence-electron chi connectivity index (χ3n) is 3.55. The second kappa shape index (κ2) is 7.78. The van der Waals surface area contributed by atoms with Crippen LogP contribution in [0, 0.1) is 17.2 Å². The van der Waals surface area contributed by atoms with E-state index in [0.29, 0.717) is 17.4 Å². The van der Waals surface area contributed by atoms with Gasteiger partial charge in [-0.05, 0) is 54.8 Å². The zero-order valence-electron chi connectivity index (χ0n) is 13.7. The predicted octanol–water partition coefficient (Wildman–Crippen LogP) is 4.81. The first kappa shape index (κ1) is 17.2. The van der Waals surface area contributed by atoms with Gasteiger partial charge >= 0.3 is 0 Å². The van der Waals surface area contributed by atoms with Gasteiger partial charge in [0.15, 0.2) is 0 Å². The molecule has 0 aliphatic rings. The van der Waals surface area contributed by atoms with E-state index >= 15 is 0 Å². The maximum Gasteiger partial charge on any atom is 0.123 e. The molecule has 0 aliphatic carbocycles. The van der Waals surface area contributed by atoms with Crippen molar-refractivity contribution >= 4 is 0 Å². The molecule has 0 bridgehead atoms. The maximum absolute atomic E-state index is 13.0. The van der Waals surface area contributed by atoms with Crippen LogP contribution in [0.4, 0.5) is 4.39 Å². The van der Waals surface area contributed by atoms with Gasteiger partial charge in [-0.3, -0.25) is 0 Å². The number of halogens is 1. The third-order valence-corrected chi connectivity index (χ3v) is 3.55. The quantitative estimate of drug-likeness (QED) is 0.755. The van der Waals surface area contributed by atoms with Crippen LogP contribution >= 0.6 is 0 Å². The van der Waals surface area contributed by atoms with Crippen molar-refractivity contribution in [1.29, 1.82) is 0 Å². The molecule has 0 heterocycles. The van der Waals surface area contributed by atoms with Crippen molar-refractivity contribution in [3.8, 4) is 0 Å². The van der Waals surface area contributed by atoms with Crippen LogP contribution in [0.25, 0.3) is 0 Å². The highest BCUT2D eigenvalue weighted by atomic mass is 19.1. The number of hydrogen-bond donors (Lipinski definition) is 1. The van der Waals surface area contributed by atoms with Crippen molar-refractivity contribution in [2.24, 2.45) is 11.3 Å². The second-order valence-electron chi connectivity index (χ2n) is 7.36. The topological polar surface area (TPSA) is 12.0 Å². The van der Waals surface area contributed by atoms with Gasteiger partial charge in [0.1, 0.15) is 5.82 Å². The van der Waals surface area contributed by atoms with Crippen LogP contribution in [0.1, 0.15) is 53.0 Å². The van der Waals surface area contributed by atoms with Crippen molar-refractivity contribution in [1.82, 2.24) is 5.32 Å². The van der Waals surface area contributed by atoms with Gasteiger partial charge in [-0.1, -0.05) is 46.8 Å². The zero-order valence-corrected chi connectivity index (χ0v) is 13.7. The van der Waals surface area contributed by atoms with Crippen LogP contribution in [0.15, 0.2) is 24.3 Å². The molecule has 0 aromatic heterocycles. The smallest absolute Gasteiger partial charge is 0.123 e. The predicted molar refractivity (Wildman–Crippen MR) is 85.4 cm³/mol. The van der Waals surface area contributed by atoms with E-state index in [4.69, 9.17) is 0 Å². The first-order chi connectivity index (χ1) is 9.26. The van der Waals surface area contributed by atoms with Gasteiger partial charge in [0.05, 0.1) is 0 Å². The van der Waals surface area contributed by atoms with Gasteiger partial charge in [0.2, 0.25) is 0 Å². The molecular formula is C18H30FN. The molecule has 0 saturated heterocycles. The summed E-state index contributed by atoms with van der Waals surface area (Å²) < 4.78 is 13.0. The summed E-state index contributed by atoms with van der Waals surface area (Å²) in [5, 5.41) is 3.54. The lowest BCUT2D eigenvalue weighted by Crippen LogP contribution is -2.30. The summed E-state index contributed by atoms with van der Waals surface area (Å²) in [5.74, 6) is 0.461.